The van der Waals surface area contributed by atoms with Gasteiger partial charge < -0.3 is 15.7 Å². The molecule has 6 heteroatoms. The molecule has 1 aliphatic heterocycles. The Bertz CT molecular complexity index is 746. The van der Waals surface area contributed by atoms with Gasteiger partial charge in [0.15, 0.2) is 0 Å². The van der Waals surface area contributed by atoms with Gasteiger partial charge in [0, 0.05) is 23.4 Å². The topological polar surface area (TPSA) is 87.1 Å². The predicted octanol–water partition coefficient (Wildman–Crippen LogP) is 3.02. The molecule has 0 fully saturated rings. The number of hydrogen-bond donors (Lipinski definition) is 3. The average Bonchev–Trinajstić information content (AvgIpc) is 2.74. The molecule has 0 amide bonds. The van der Waals surface area contributed by atoms with Gasteiger partial charge in [-0.2, -0.15) is 0 Å². The second-order valence-corrected chi connectivity index (χ2v) is 6.44. The van der Waals surface area contributed by atoms with Crippen LogP contribution in [-0.4, -0.2) is 33.6 Å². The molecule has 3 N–H and O–H groups in total. The molecule has 24 heavy (non-hydrogen) atoms. The van der Waals surface area contributed by atoms with E-state index in [4.69, 9.17) is 0 Å². The number of nitrogens with one attached hydrogen (secondary N) is 2. The molecule has 0 saturated carbocycles. The van der Waals surface area contributed by atoms with Gasteiger partial charge in [-0.3, -0.25) is 0 Å². The Morgan fingerprint density at radius 2 is 2.12 bits per heavy atom. The van der Waals surface area contributed by atoms with E-state index in [9.17, 15) is 9.90 Å². The Hall–Kier alpha value is -2.63. The lowest BCUT2D eigenvalue weighted by molar-refractivity contribution is -0.138. The van der Waals surface area contributed by atoms with Gasteiger partial charge in [-0.1, -0.05) is 32.0 Å². The number of aromatic nitrogens is 2. The maximum atomic E-state index is 11.6. The zero-order chi connectivity index (χ0) is 17.1. The predicted molar refractivity (Wildman–Crippen MR) is 94.2 cm³/mol. The first-order chi connectivity index (χ1) is 11.6. The van der Waals surface area contributed by atoms with Crippen molar-refractivity contribution in [3.63, 3.8) is 0 Å². The summed E-state index contributed by atoms with van der Waals surface area (Å²) in [5, 5.41) is 16.0. The van der Waals surface area contributed by atoms with Crippen LogP contribution in [0.25, 0.3) is 11.3 Å². The first kappa shape index (κ1) is 16.2. The number of rotatable bonds is 5. The quantitative estimate of drug-likeness (QED) is 0.783. The molecule has 1 aromatic carbocycles. The van der Waals surface area contributed by atoms with Crippen LogP contribution in [0.3, 0.4) is 0 Å². The van der Waals surface area contributed by atoms with Crippen LogP contribution in [0.2, 0.25) is 0 Å². The van der Waals surface area contributed by atoms with Gasteiger partial charge >= 0.3 is 5.97 Å². The largest absolute Gasteiger partial charge is 0.480 e. The normalized spacial score (nSPS) is 14.1. The van der Waals surface area contributed by atoms with E-state index in [0.717, 1.165) is 35.5 Å². The number of nitrogens with zero attached hydrogens (tertiary/aromatic N) is 2. The molecule has 1 unspecified atom stereocenters. The summed E-state index contributed by atoms with van der Waals surface area (Å²) in [5.41, 5.74) is 3.88. The highest BCUT2D eigenvalue weighted by molar-refractivity contribution is 5.82. The number of hydrogen-bond acceptors (Lipinski definition) is 5. The molecular formula is C18H22N4O2. The summed E-state index contributed by atoms with van der Waals surface area (Å²) in [6.45, 7) is 4.78. The van der Waals surface area contributed by atoms with Crippen molar-refractivity contribution in [2.45, 2.75) is 32.7 Å². The van der Waals surface area contributed by atoms with Crippen LogP contribution in [0.5, 0.6) is 0 Å². The smallest absolute Gasteiger partial charge is 0.326 e. The van der Waals surface area contributed by atoms with Crippen molar-refractivity contribution in [2.24, 2.45) is 5.92 Å². The summed E-state index contributed by atoms with van der Waals surface area (Å²) in [7, 11) is 0. The number of anilines is 2. The molecule has 0 aliphatic carbocycles. The van der Waals surface area contributed by atoms with Crippen molar-refractivity contribution in [1.82, 2.24) is 9.97 Å². The highest BCUT2D eigenvalue weighted by Gasteiger charge is 2.23. The molecule has 2 heterocycles. The summed E-state index contributed by atoms with van der Waals surface area (Å²) in [6.07, 6.45) is 2.78. The van der Waals surface area contributed by atoms with Crippen LogP contribution >= 0.6 is 0 Å². The Labute approximate surface area is 141 Å². The molecule has 3 rings (SSSR count). The third-order valence-electron chi connectivity index (χ3n) is 4.13. The number of fused-ring (bicyclic) bond motifs is 3. The highest BCUT2D eigenvalue weighted by atomic mass is 16.4. The maximum absolute atomic E-state index is 11.6. The van der Waals surface area contributed by atoms with Gasteiger partial charge in [0.2, 0.25) is 0 Å². The zero-order valence-electron chi connectivity index (χ0n) is 13.9. The number of carboxylic acids is 1. The van der Waals surface area contributed by atoms with Crippen LogP contribution in [-0.2, 0) is 11.2 Å². The standard InChI is InChI=1S/C18H22N4O2/c1-11(2)9-15(18(23)24)22-17-13-7-8-19-14-6-4-3-5-12(14)16(13)20-10-21-17/h3-6,10-11,15,19H,7-9H2,1-2H3,(H,23,24)(H,20,21,22). The Morgan fingerprint density at radius 1 is 1.33 bits per heavy atom. The van der Waals surface area contributed by atoms with Crippen molar-refractivity contribution < 1.29 is 9.90 Å². The second kappa shape index (κ2) is 6.86. The summed E-state index contributed by atoms with van der Waals surface area (Å²) >= 11 is 0. The van der Waals surface area contributed by atoms with E-state index in [1.807, 2.05) is 38.1 Å². The Balaban J connectivity index is 1.99. The van der Waals surface area contributed by atoms with E-state index in [1.54, 1.807) is 0 Å². The van der Waals surface area contributed by atoms with Crippen LogP contribution in [0.4, 0.5) is 11.5 Å². The third-order valence-corrected chi connectivity index (χ3v) is 4.13. The van der Waals surface area contributed by atoms with Gasteiger partial charge in [0.1, 0.15) is 18.2 Å². The first-order valence-electron chi connectivity index (χ1n) is 8.22. The van der Waals surface area contributed by atoms with Gasteiger partial charge in [-0.15, -0.1) is 0 Å². The van der Waals surface area contributed by atoms with Crippen LogP contribution in [0.15, 0.2) is 30.6 Å². The minimum absolute atomic E-state index is 0.279. The summed E-state index contributed by atoms with van der Waals surface area (Å²) in [6, 6.07) is 7.35. The van der Waals surface area contributed by atoms with Crippen molar-refractivity contribution in [3.05, 3.63) is 36.2 Å². The lowest BCUT2D eigenvalue weighted by atomic mass is 10.0. The fraction of sp³-hybridized carbons (Fsp3) is 0.389. The first-order valence-corrected chi connectivity index (χ1v) is 8.22. The molecule has 1 aliphatic rings. The highest BCUT2D eigenvalue weighted by Crippen LogP contribution is 2.34. The van der Waals surface area contributed by atoms with Crippen LogP contribution in [0.1, 0.15) is 25.8 Å². The van der Waals surface area contributed by atoms with Gasteiger partial charge in [-0.25, -0.2) is 14.8 Å². The monoisotopic (exact) mass is 326 g/mol. The fourth-order valence-electron chi connectivity index (χ4n) is 3.03. The third kappa shape index (κ3) is 3.32. The molecule has 0 spiro atoms. The van der Waals surface area contributed by atoms with E-state index < -0.39 is 12.0 Å². The van der Waals surface area contributed by atoms with Crippen molar-refractivity contribution in [3.8, 4) is 11.3 Å². The molecule has 1 atom stereocenters. The fourth-order valence-corrected chi connectivity index (χ4v) is 3.03. The van der Waals surface area contributed by atoms with E-state index in [2.05, 4.69) is 20.6 Å². The minimum Gasteiger partial charge on any atom is -0.480 e. The van der Waals surface area contributed by atoms with Crippen LogP contribution < -0.4 is 10.6 Å². The van der Waals surface area contributed by atoms with E-state index >= 15 is 0 Å². The SMILES string of the molecule is CC(C)CC(Nc1ncnc2c1CCNc1ccccc1-2)C(=O)O. The van der Waals surface area contributed by atoms with E-state index in [-0.39, 0.29) is 5.92 Å². The maximum Gasteiger partial charge on any atom is 0.326 e. The van der Waals surface area contributed by atoms with E-state index in [0.29, 0.717) is 12.2 Å². The number of aliphatic carboxylic acids is 1. The summed E-state index contributed by atoms with van der Waals surface area (Å²) < 4.78 is 0. The molecule has 0 saturated heterocycles. The second-order valence-electron chi connectivity index (χ2n) is 6.44. The molecule has 0 radical (unpaired) electrons. The van der Waals surface area contributed by atoms with Gasteiger partial charge in [-0.05, 0) is 24.8 Å². The Kier molecular flexibility index (Phi) is 4.64. The summed E-state index contributed by atoms with van der Waals surface area (Å²) in [4.78, 5) is 20.3. The summed E-state index contributed by atoms with van der Waals surface area (Å²) in [5.74, 6) is 0.0381. The minimum atomic E-state index is -0.858. The number of benzene rings is 1. The lowest BCUT2D eigenvalue weighted by Gasteiger charge is -2.19. The number of carbonyl (C=O) groups is 1. The Morgan fingerprint density at radius 3 is 2.88 bits per heavy atom. The number of carboxylic acid groups (broad SMARTS) is 1. The number of para-hydroxylation sites is 1. The van der Waals surface area contributed by atoms with Gasteiger partial charge in [0.25, 0.3) is 0 Å². The zero-order valence-corrected chi connectivity index (χ0v) is 13.9. The molecule has 6 nitrogen and oxygen atoms in total. The molecule has 2 aromatic rings. The van der Waals surface area contributed by atoms with Crippen molar-refractivity contribution in [2.75, 3.05) is 17.2 Å². The van der Waals surface area contributed by atoms with E-state index in [1.165, 1.54) is 6.33 Å². The van der Waals surface area contributed by atoms with Crippen LogP contribution in [0, 0.1) is 5.92 Å². The lowest BCUT2D eigenvalue weighted by Crippen LogP contribution is -2.31. The molecule has 0 bridgehead atoms. The van der Waals surface area contributed by atoms with Crippen molar-refractivity contribution in [1.29, 1.82) is 0 Å². The average molecular weight is 326 g/mol. The molecular weight excluding hydrogens is 304 g/mol. The molecule has 126 valence electrons. The van der Waals surface area contributed by atoms with Gasteiger partial charge in [0.05, 0.1) is 5.69 Å². The van der Waals surface area contributed by atoms with Crippen molar-refractivity contribution >= 4 is 17.5 Å². The molecule has 1 aromatic heterocycles.